The highest BCUT2D eigenvalue weighted by Gasteiger charge is 2.26. The first-order valence-corrected chi connectivity index (χ1v) is 8.05. The fraction of sp³-hybridized carbons (Fsp3) is 0.529. The molecule has 0 bridgehead atoms. The molecule has 126 valence electrons. The number of urea groups is 1. The predicted molar refractivity (Wildman–Crippen MR) is 87.8 cm³/mol. The largest absolute Gasteiger partial charge is 0.491 e. The summed E-state index contributed by atoms with van der Waals surface area (Å²) in [7, 11) is 0. The number of carboxylic acid groups (broad SMARTS) is 1. The second-order valence-electron chi connectivity index (χ2n) is 5.89. The summed E-state index contributed by atoms with van der Waals surface area (Å²) in [5.41, 5.74) is 0.677. The van der Waals surface area contributed by atoms with Crippen LogP contribution in [0.1, 0.15) is 33.1 Å². The van der Waals surface area contributed by atoms with E-state index < -0.39 is 5.97 Å². The standard InChI is InChI=1S/C17H24N2O4/c1-3-12(2)23-15-6-4-5-14(11-15)18-17(22)19-9-7-13(8-10-19)16(20)21/h4-6,11-13H,3,7-10H2,1-2H3,(H,18,22)(H,20,21). The van der Waals surface area contributed by atoms with E-state index in [0.29, 0.717) is 31.6 Å². The normalized spacial score (nSPS) is 16.7. The van der Waals surface area contributed by atoms with E-state index >= 15 is 0 Å². The van der Waals surface area contributed by atoms with Crippen LogP contribution in [-0.2, 0) is 4.79 Å². The Balaban J connectivity index is 1.90. The van der Waals surface area contributed by atoms with Crippen LogP contribution >= 0.6 is 0 Å². The van der Waals surface area contributed by atoms with Crippen molar-refractivity contribution in [2.24, 2.45) is 5.92 Å². The van der Waals surface area contributed by atoms with E-state index in [-0.39, 0.29) is 18.1 Å². The first kappa shape index (κ1) is 17.1. The van der Waals surface area contributed by atoms with Crippen molar-refractivity contribution in [1.29, 1.82) is 0 Å². The molecule has 0 aromatic heterocycles. The van der Waals surface area contributed by atoms with Crippen molar-refractivity contribution >= 4 is 17.7 Å². The van der Waals surface area contributed by atoms with Gasteiger partial charge in [-0.3, -0.25) is 4.79 Å². The Hall–Kier alpha value is -2.24. The Bertz CT molecular complexity index is 553. The van der Waals surface area contributed by atoms with Crippen LogP contribution in [0.5, 0.6) is 5.75 Å². The van der Waals surface area contributed by atoms with Gasteiger partial charge in [-0.1, -0.05) is 13.0 Å². The number of benzene rings is 1. The minimum atomic E-state index is -0.778. The lowest BCUT2D eigenvalue weighted by Crippen LogP contribution is -2.42. The van der Waals surface area contributed by atoms with Gasteiger partial charge in [-0.15, -0.1) is 0 Å². The fourth-order valence-electron chi connectivity index (χ4n) is 2.49. The monoisotopic (exact) mass is 320 g/mol. The molecule has 2 N–H and O–H groups in total. The first-order valence-electron chi connectivity index (χ1n) is 8.05. The lowest BCUT2D eigenvalue weighted by molar-refractivity contribution is -0.143. The van der Waals surface area contributed by atoms with Crippen molar-refractivity contribution in [3.05, 3.63) is 24.3 Å². The van der Waals surface area contributed by atoms with Gasteiger partial charge in [-0.25, -0.2) is 4.79 Å². The number of rotatable bonds is 5. The molecule has 1 heterocycles. The van der Waals surface area contributed by atoms with Gasteiger partial charge < -0.3 is 20.1 Å². The maximum Gasteiger partial charge on any atom is 0.321 e. The van der Waals surface area contributed by atoms with Crippen molar-refractivity contribution in [2.45, 2.75) is 39.2 Å². The number of carboxylic acids is 1. The third kappa shape index (κ3) is 4.87. The second kappa shape index (κ2) is 7.85. The van der Waals surface area contributed by atoms with E-state index in [0.717, 1.165) is 12.2 Å². The van der Waals surface area contributed by atoms with E-state index in [9.17, 15) is 9.59 Å². The van der Waals surface area contributed by atoms with Crippen LogP contribution in [0, 0.1) is 5.92 Å². The molecule has 6 heteroatoms. The topological polar surface area (TPSA) is 78.9 Å². The Morgan fingerprint density at radius 3 is 2.70 bits per heavy atom. The van der Waals surface area contributed by atoms with Crippen LogP contribution in [-0.4, -0.2) is 41.2 Å². The number of hydrogen-bond acceptors (Lipinski definition) is 3. The molecule has 0 aliphatic carbocycles. The molecular weight excluding hydrogens is 296 g/mol. The molecule has 1 aliphatic rings. The number of aliphatic carboxylic acids is 1. The molecule has 0 spiro atoms. The molecular formula is C17H24N2O4. The highest BCUT2D eigenvalue weighted by Crippen LogP contribution is 2.21. The molecule has 6 nitrogen and oxygen atoms in total. The van der Waals surface area contributed by atoms with Crippen LogP contribution < -0.4 is 10.1 Å². The zero-order chi connectivity index (χ0) is 16.8. The van der Waals surface area contributed by atoms with Crippen LogP contribution in [0.15, 0.2) is 24.3 Å². The summed E-state index contributed by atoms with van der Waals surface area (Å²) in [6, 6.07) is 7.11. The molecule has 1 fully saturated rings. The van der Waals surface area contributed by atoms with Gasteiger partial charge in [0.2, 0.25) is 0 Å². The number of hydrogen-bond donors (Lipinski definition) is 2. The van der Waals surface area contributed by atoms with Gasteiger partial charge in [-0.2, -0.15) is 0 Å². The van der Waals surface area contributed by atoms with E-state index in [1.54, 1.807) is 11.0 Å². The molecule has 2 amide bonds. The maximum absolute atomic E-state index is 12.3. The van der Waals surface area contributed by atoms with Gasteiger partial charge in [0, 0.05) is 24.8 Å². The predicted octanol–water partition coefficient (Wildman–Crippen LogP) is 3.19. The molecule has 1 unspecified atom stereocenters. The maximum atomic E-state index is 12.3. The van der Waals surface area contributed by atoms with Crippen LogP contribution in [0.3, 0.4) is 0 Å². The van der Waals surface area contributed by atoms with Gasteiger partial charge in [-0.05, 0) is 38.3 Å². The average Bonchev–Trinajstić information content (AvgIpc) is 2.55. The van der Waals surface area contributed by atoms with Crippen molar-refractivity contribution < 1.29 is 19.4 Å². The highest BCUT2D eigenvalue weighted by molar-refractivity contribution is 5.89. The third-order valence-corrected chi connectivity index (χ3v) is 4.13. The van der Waals surface area contributed by atoms with Gasteiger partial charge >= 0.3 is 12.0 Å². The summed E-state index contributed by atoms with van der Waals surface area (Å²) >= 11 is 0. The van der Waals surface area contributed by atoms with Crippen molar-refractivity contribution in [3.8, 4) is 5.75 Å². The number of nitrogens with zero attached hydrogens (tertiary/aromatic N) is 1. The van der Waals surface area contributed by atoms with Crippen LogP contribution in [0.2, 0.25) is 0 Å². The van der Waals surface area contributed by atoms with E-state index in [1.165, 1.54) is 0 Å². The molecule has 1 atom stereocenters. The molecule has 1 saturated heterocycles. The van der Waals surface area contributed by atoms with E-state index in [1.807, 2.05) is 25.1 Å². The summed E-state index contributed by atoms with van der Waals surface area (Å²) < 4.78 is 5.74. The Labute approximate surface area is 136 Å². The molecule has 2 rings (SSSR count). The number of piperidine rings is 1. The number of carbonyl (C=O) groups excluding carboxylic acids is 1. The Kier molecular flexibility index (Phi) is 5.84. The number of carbonyl (C=O) groups is 2. The smallest absolute Gasteiger partial charge is 0.321 e. The first-order chi connectivity index (χ1) is 11.0. The van der Waals surface area contributed by atoms with Gasteiger partial charge in [0.25, 0.3) is 0 Å². The molecule has 1 aliphatic heterocycles. The summed E-state index contributed by atoms with van der Waals surface area (Å²) in [6.07, 6.45) is 2.03. The van der Waals surface area contributed by atoms with E-state index in [2.05, 4.69) is 12.2 Å². The van der Waals surface area contributed by atoms with Crippen molar-refractivity contribution in [2.75, 3.05) is 18.4 Å². The fourth-order valence-corrected chi connectivity index (χ4v) is 2.49. The van der Waals surface area contributed by atoms with Crippen LogP contribution in [0.25, 0.3) is 0 Å². The number of anilines is 1. The lowest BCUT2D eigenvalue weighted by atomic mass is 9.97. The zero-order valence-electron chi connectivity index (χ0n) is 13.6. The van der Waals surface area contributed by atoms with Gasteiger partial charge in [0.05, 0.1) is 12.0 Å². The average molecular weight is 320 g/mol. The SMILES string of the molecule is CCC(C)Oc1cccc(NC(=O)N2CCC(C(=O)O)CC2)c1. The van der Waals surface area contributed by atoms with Crippen LogP contribution in [0.4, 0.5) is 10.5 Å². The summed E-state index contributed by atoms with van der Waals surface area (Å²) in [5.74, 6) is -0.395. The van der Waals surface area contributed by atoms with Gasteiger partial charge in [0.15, 0.2) is 0 Å². The number of ether oxygens (including phenoxy) is 1. The van der Waals surface area contributed by atoms with Crippen molar-refractivity contribution in [3.63, 3.8) is 0 Å². The molecule has 1 aromatic rings. The number of likely N-dealkylation sites (tertiary alicyclic amines) is 1. The quantitative estimate of drug-likeness (QED) is 0.873. The second-order valence-corrected chi connectivity index (χ2v) is 5.89. The lowest BCUT2D eigenvalue weighted by Gasteiger charge is -2.30. The summed E-state index contributed by atoms with van der Waals surface area (Å²) in [4.78, 5) is 24.9. The molecule has 23 heavy (non-hydrogen) atoms. The zero-order valence-corrected chi connectivity index (χ0v) is 13.6. The van der Waals surface area contributed by atoms with Gasteiger partial charge in [0.1, 0.15) is 5.75 Å². The van der Waals surface area contributed by atoms with E-state index in [4.69, 9.17) is 9.84 Å². The summed E-state index contributed by atoms with van der Waals surface area (Å²) in [6.45, 7) is 4.98. The summed E-state index contributed by atoms with van der Waals surface area (Å²) in [5, 5.41) is 11.8. The minimum absolute atomic E-state index is 0.121. The highest BCUT2D eigenvalue weighted by atomic mass is 16.5. The number of nitrogens with one attached hydrogen (secondary N) is 1. The Morgan fingerprint density at radius 1 is 1.39 bits per heavy atom. The third-order valence-electron chi connectivity index (χ3n) is 4.13. The van der Waals surface area contributed by atoms with Crippen molar-refractivity contribution in [1.82, 2.24) is 4.90 Å². The minimum Gasteiger partial charge on any atom is -0.491 e. The Morgan fingerprint density at radius 2 is 2.09 bits per heavy atom. The number of amides is 2. The molecule has 1 aromatic carbocycles. The molecule has 0 saturated carbocycles. The molecule has 0 radical (unpaired) electrons.